The van der Waals surface area contributed by atoms with Crippen LogP contribution in [0.15, 0.2) is 100 Å². The van der Waals surface area contributed by atoms with Gasteiger partial charge in [0.15, 0.2) is 0 Å². The number of hydrogen-bond acceptors (Lipinski definition) is 6. The molecule has 1 N–H and O–H groups in total. The quantitative estimate of drug-likeness (QED) is 0.261. The maximum atomic E-state index is 12.9. The molecule has 166 valence electrons. The number of fused-ring (bicyclic) bond motifs is 1. The van der Waals surface area contributed by atoms with Gasteiger partial charge in [0.25, 0.3) is 0 Å². The zero-order valence-corrected chi connectivity index (χ0v) is 17.6. The number of rotatable bonds is 7. The number of carbonyl (C=O) groups excluding carboxylic acids is 2. The van der Waals surface area contributed by atoms with Gasteiger partial charge < -0.3 is 19.2 Å². The van der Waals surface area contributed by atoms with Crippen molar-refractivity contribution in [3.05, 3.63) is 113 Å². The van der Waals surface area contributed by atoms with Crippen LogP contribution >= 0.6 is 0 Å². The normalized spacial score (nSPS) is 11.5. The SMILES string of the molecule is O=C(N[C@H](Cc1ccccc1)C(=O)Oc1ccc2ccc(=O)oc2c1)OCc1ccccc1. The molecule has 1 atom stereocenters. The molecule has 3 aromatic carbocycles. The van der Waals surface area contributed by atoms with Gasteiger partial charge in [-0.15, -0.1) is 0 Å². The predicted octanol–water partition coefficient (Wildman–Crippen LogP) is 4.24. The summed E-state index contributed by atoms with van der Waals surface area (Å²) in [5.41, 5.74) is 1.46. The average molecular weight is 443 g/mol. The van der Waals surface area contributed by atoms with Crippen molar-refractivity contribution >= 4 is 23.0 Å². The molecule has 7 nitrogen and oxygen atoms in total. The number of alkyl carbamates (subject to hydrolysis) is 1. The van der Waals surface area contributed by atoms with Crippen LogP contribution < -0.4 is 15.7 Å². The van der Waals surface area contributed by atoms with Crippen molar-refractivity contribution in [3.63, 3.8) is 0 Å². The second-order valence-electron chi connectivity index (χ2n) is 7.32. The molecular formula is C26H21NO6. The lowest BCUT2D eigenvalue weighted by molar-refractivity contribution is -0.136. The van der Waals surface area contributed by atoms with Crippen molar-refractivity contribution in [2.24, 2.45) is 0 Å². The highest BCUT2D eigenvalue weighted by Gasteiger charge is 2.24. The summed E-state index contributed by atoms with van der Waals surface area (Å²) in [6.45, 7) is 0.0729. The molecule has 4 rings (SSSR count). The van der Waals surface area contributed by atoms with E-state index in [9.17, 15) is 14.4 Å². The number of hydrogen-bond donors (Lipinski definition) is 1. The maximum Gasteiger partial charge on any atom is 0.408 e. The minimum atomic E-state index is -0.992. The Balaban J connectivity index is 1.47. The molecule has 1 heterocycles. The zero-order valence-electron chi connectivity index (χ0n) is 17.6. The van der Waals surface area contributed by atoms with Crippen LogP contribution in [0.2, 0.25) is 0 Å². The van der Waals surface area contributed by atoms with E-state index in [1.807, 2.05) is 60.7 Å². The Labute approximate surface area is 189 Å². The van der Waals surface area contributed by atoms with E-state index < -0.39 is 23.7 Å². The number of esters is 1. The fourth-order valence-corrected chi connectivity index (χ4v) is 3.24. The number of ether oxygens (including phenoxy) is 2. The van der Waals surface area contributed by atoms with Crippen molar-refractivity contribution in [1.29, 1.82) is 0 Å². The van der Waals surface area contributed by atoms with E-state index in [0.29, 0.717) is 11.0 Å². The van der Waals surface area contributed by atoms with Crippen LogP contribution in [0.5, 0.6) is 5.75 Å². The average Bonchev–Trinajstić information content (AvgIpc) is 2.83. The highest BCUT2D eigenvalue weighted by Crippen LogP contribution is 2.20. The molecule has 4 aromatic rings. The molecule has 0 unspecified atom stereocenters. The second-order valence-corrected chi connectivity index (χ2v) is 7.32. The summed E-state index contributed by atoms with van der Waals surface area (Å²) in [5, 5.41) is 3.29. The highest BCUT2D eigenvalue weighted by molar-refractivity contribution is 5.84. The fourth-order valence-electron chi connectivity index (χ4n) is 3.24. The van der Waals surface area contributed by atoms with E-state index >= 15 is 0 Å². The second kappa shape index (κ2) is 10.3. The predicted molar refractivity (Wildman–Crippen MR) is 122 cm³/mol. The Morgan fingerprint density at radius 3 is 2.24 bits per heavy atom. The lowest BCUT2D eigenvalue weighted by atomic mass is 10.1. The molecule has 0 spiro atoms. The van der Waals surface area contributed by atoms with Gasteiger partial charge in [-0.05, 0) is 29.3 Å². The van der Waals surface area contributed by atoms with E-state index in [-0.39, 0.29) is 18.8 Å². The van der Waals surface area contributed by atoms with Crippen LogP contribution in [0, 0.1) is 0 Å². The first-order valence-electron chi connectivity index (χ1n) is 10.3. The van der Waals surface area contributed by atoms with Crippen LogP contribution in [0.4, 0.5) is 4.79 Å². The van der Waals surface area contributed by atoms with Crippen LogP contribution in [0.25, 0.3) is 11.0 Å². The van der Waals surface area contributed by atoms with Crippen molar-refractivity contribution in [1.82, 2.24) is 5.32 Å². The minimum Gasteiger partial charge on any atom is -0.445 e. The lowest BCUT2D eigenvalue weighted by Crippen LogP contribution is -2.44. The summed E-state index contributed by atoms with van der Waals surface area (Å²) in [5.74, 6) is -0.479. The van der Waals surface area contributed by atoms with Crippen molar-refractivity contribution in [2.45, 2.75) is 19.1 Å². The first-order valence-corrected chi connectivity index (χ1v) is 10.3. The van der Waals surface area contributed by atoms with Gasteiger partial charge in [-0.2, -0.15) is 0 Å². The largest absolute Gasteiger partial charge is 0.445 e. The number of nitrogens with one attached hydrogen (secondary N) is 1. The van der Waals surface area contributed by atoms with Gasteiger partial charge in [0.05, 0.1) is 0 Å². The van der Waals surface area contributed by atoms with Gasteiger partial charge >= 0.3 is 17.7 Å². The number of amides is 1. The summed E-state index contributed by atoms with van der Waals surface area (Å²) in [6.07, 6.45) is -0.524. The number of benzene rings is 3. The Bertz CT molecular complexity index is 1300. The Hall–Kier alpha value is -4.39. The van der Waals surface area contributed by atoms with E-state index in [2.05, 4.69) is 5.32 Å². The summed E-state index contributed by atoms with van der Waals surface area (Å²) < 4.78 is 15.9. The van der Waals surface area contributed by atoms with E-state index in [4.69, 9.17) is 13.9 Å². The fraction of sp³-hybridized carbons (Fsp3) is 0.115. The maximum absolute atomic E-state index is 12.9. The van der Waals surface area contributed by atoms with Crippen LogP contribution in [-0.2, 0) is 22.6 Å². The van der Waals surface area contributed by atoms with E-state index in [1.165, 1.54) is 12.1 Å². The topological polar surface area (TPSA) is 94.8 Å². The first-order chi connectivity index (χ1) is 16.1. The van der Waals surface area contributed by atoms with Gasteiger partial charge in [0.2, 0.25) is 0 Å². The standard InChI is InChI=1S/C26H21NO6/c28-24-14-12-20-11-13-21(16-23(20)33-24)32-25(29)22(15-18-7-3-1-4-8-18)27-26(30)31-17-19-9-5-2-6-10-19/h1-14,16,22H,15,17H2,(H,27,30)/t22-/m1/s1. The third kappa shape index (κ3) is 6.07. The molecule has 0 saturated heterocycles. The molecule has 1 aromatic heterocycles. The molecule has 0 bridgehead atoms. The molecule has 0 aliphatic carbocycles. The summed E-state index contributed by atoms with van der Waals surface area (Å²) >= 11 is 0. The van der Waals surface area contributed by atoms with Gasteiger partial charge in [0, 0.05) is 23.9 Å². The zero-order chi connectivity index (χ0) is 23.0. The molecule has 0 radical (unpaired) electrons. The Morgan fingerprint density at radius 1 is 0.848 bits per heavy atom. The van der Waals surface area contributed by atoms with Gasteiger partial charge in [-0.1, -0.05) is 60.7 Å². The number of carbonyl (C=O) groups is 2. The summed E-state index contributed by atoms with van der Waals surface area (Å²) in [6, 6.07) is 25.1. The molecule has 0 saturated carbocycles. The van der Waals surface area contributed by atoms with Crippen LogP contribution in [-0.4, -0.2) is 18.1 Å². The van der Waals surface area contributed by atoms with Gasteiger partial charge in [0.1, 0.15) is 24.0 Å². The molecule has 1 amide bonds. The van der Waals surface area contributed by atoms with Crippen LogP contribution in [0.3, 0.4) is 0 Å². The summed E-state index contributed by atoms with van der Waals surface area (Å²) in [4.78, 5) is 36.8. The van der Waals surface area contributed by atoms with Gasteiger partial charge in [-0.25, -0.2) is 14.4 Å². The van der Waals surface area contributed by atoms with E-state index in [1.54, 1.807) is 18.2 Å². The minimum absolute atomic E-state index is 0.0729. The van der Waals surface area contributed by atoms with Crippen molar-refractivity contribution in [2.75, 3.05) is 0 Å². The van der Waals surface area contributed by atoms with Crippen LogP contribution in [0.1, 0.15) is 11.1 Å². The molecular weight excluding hydrogens is 422 g/mol. The third-order valence-electron chi connectivity index (χ3n) is 4.89. The molecule has 0 fully saturated rings. The van der Waals surface area contributed by atoms with Crippen molar-refractivity contribution in [3.8, 4) is 5.75 Å². The van der Waals surface area contributed by atoms with Crippen molar-refractivity contribution < 1.29 is 23.5 Å². The molecule has 7 heteroatoms. The smallest absolute Gasteiger partial charge is 0.408 e. The molecule has 0 aliphatic heterocycles. The third-order valence-corrected chi connectivity index (χ3v) is 4.89. The molecule has 0 aliphatic rings. The highest BCUT2D eigenvalue weighted by atomic mass is 16.6. The van der Waals surface area contributed by atoms with Gasteiger partial charge in [-0.3, -0.25) is 0 Å². The Morgan fingerprint density at radius 2 is 1.52 bits per heavy atom. The Kier molecular flexibility index (Phi) is 6.80. The molecule has 33 heavy (non-hydrogen) atoms. The van der Waals surface area contributed by atoms with E-state index in [0.717, 1.165) is 11.1 Å². The first kappa shape index (κ1) is 21.8. The summed E-state index contributed by atoms with van der Waals surface area (Å²) in [7, 11) is 0. The monoisotopic (exact) mass is 443 g/mol. The lowest BCUT2D eigenvalue weighted by Gasteiger charge is -2.18.